The van der Waals surface area contributed by atoms with Crippen LogP contribution >= 0.6 is 0 Å². The van der Waals surface area contributed by atoms with E-state index in [-0.39, 0.29) is 17.6 Å². The third kappa shape index (κ3) is 4.90. The van der Waals surface area contributed by atoms with Crippen LogP contribution in [0.3, 0.4) is 0 Å². The second-order valence-electron chi connectivity index (χ2n) is 9.81. The van der Waals surface area contributed by atoms with Gasteiger partial charge in [-0.15, -0.1) is 0 Å². The van der Waals surface area contributed by atoms with Gasteiger partial charge in [0.25, 0.3) is 11.8 Å². The fourth-order valence-electron chi connectivity index (χ4n) is 5.43. The topological polar surface area (TPSA) is 70.2 Å². The SMILES string of the molecule is COc1ccc(N2CCN(c3ccc4c5c(cccc35)C(=O)N(CCCCCC(C)=O)C4=O)CC2)cc1. The minimum absolute atomic E-state index is 0.170. The van der Waals surface area contributed by atoms with Crippen molar-refractivity contribution in [2.45, 2.75) is 32.6 Å². The monoisotopic (exact) mass is 499 g/mol. The highest BCUT2D eigenvalue weighted by atomic mass is 16.5. The quantitative estimate of drug-likeness (QED) is 0.307. The fourth-order valence-corrected chi connectivity index (χ4v) is 5.43. The number of carbonyl (C=O) groups excluding carboxylic acids is 3. The summed E-state index contributed by atoms with van der Waals surface area (Å²) in [5, 5.41) is 1.72. The van der Waals surface area contributed by atoms with Crippen LogP contribution in [0.5, 0.6) is 5.75 Å². The number of methoxy groups -OCH3 is 1. The minimum atomic E-state index is -0.226. The molecular weight excluding hydrogens is 466 g/mol. The summed E-state index contributed by atoms with van der Waals surface area (Å²) in [5.74, 6) is 0.567. The first-order valence-electron chi connectivity index (χ1n) is 13.0. The molecule has 3 aromatic rings. The maximum atomic E-state index is 13.3. The molecule has 0 aliphatic carbocycles. The molecule has 0 spiro atoms. The first-order valence-corrected chi connectivity index (χ1v) is 13.0. The van der Waals surface area contributed by atoms with E-state index in [9.17, 15) is 14.4 Å². The highest BCUT2D eigenvalue weighted by molar-refractivity contribution is 6.26. The molecule has 192 valence electrons. The molecule has 2 aliphatic rings. The van der Waals surface area contributed by atoms with Crippen molar-refractivity contribution in [3.8, 4) is 5.75 Å². The predicted octanol–water partition coefficient (Wildman–Crippen LogP) is 4.92. The van der Waals surface area contributed by atoms with Gasteiger partial charge in [-0.1, -0.05) is 18.6 Å². The van der Waals surface area contributed by atoms with Crippen LogP contribution in [0.2, 0.25) is 0 Å². The van der Waals surface area contributed by atoms with Crippen molar-refractivity contribution < 1.29 is 19.1 Å². The number of hydrogen-bond acceptors (Lipinski definition) is 6. The molecular formula is C30H33N3O4. The zero-order chi connectivity index (χ0) is 25.9. The zero-order valence-corrected chi connectivity index (χ0v) is 21.5. The van der Waals surface area contributed by atoms with Crippen molar-refractivity contribution in [1.82, 2.24) is 4.90 Å². The van der Waals surface area contributed by atoms with Crippen LogP contribution in [-0.2, 0) is 4.79 Å². The molecule has 37 heavy (non-hydrogen) atoms. The largest absolute Gasteiger partial charge is 0.497 e. The maximum Gasteiger partial charge on any atom is 0.261 e. The van der Waals surface area contributed by atoms with Gasteiger partial charge >= 0.3 is 0 Å². The summed E-state index contributed by atoms with van der Waals surface area (Å²) in [4.78, 5) is 43.9. The smallest absolute Gasteiger partial charge is 0.261 e. The number of carbonyl (C=O) groups is 3. The first-order chi connectivity index (χ1) is 18.0. The van der Waals surface area contributed by atoms with Crippen LogP contribution in [0.15, 0.2) is 54.6 Å². The molecule has 7 heteroatoms. The lowest BCUT2D eigenvalue weighted by atomic mass is 9.92. The van der Waals surface area contributed by atoms with Gasteiger partial charge in [-0.05, 0) is 62.2 Å². The van der Waals surface area contributed by atoms with Crippen LogP contribution in [0, 0.1) is 0 Å². The summed E-state index contributed by atoms with van der Waals surface area (Å²) in [6.07, 6.45) is 2.84. The number of nitrogens with zero attached hydrogens (tertiary/aromatic N) is 3. The Morgan fingerprint density at radius 1 is 0.811 bits per heavy atom. The fraction of sp³-hybridized carbons (Fsp3) is 0.367. The third-order valence-corrected chi connectivity index (χ3v) is 7.44. The van der Waals surface area contributed by atoms with E-state index < -0.39 is 0 Å². The van der Waals surface area contributed by atoms with E-state index in [0.717, 1.165) is 61.2 Å². The van der Waals surface area contributed by atoms with Crippen LogP contribution in [0.4, 0.5) is 11.4 Å². The summed E-state index contributed by atoms with van der Waals surface area (Å²) in [6.45, 7) is 5.41. The Labute approximate surface area is 217 Å². The lowest BCUT2D eigenvalue weighted by Crippen LogP contribution is -2.46. The lowest BCUT2D eigenvalue weighted by molar-refractivity contribution is -0.117. The minimum Gasteiger partial charge on any atom is -0.497 e. The Bertz CT molecular complexity index is 1300. The zero-order valence-electron chi connectivity index (χ0n) is 21.5. The summed E-state index contributed by atoms with van der Waals surface area (Å²) in [6, 6.07) is 17.8. The molecule has 0 saturated carbocycles. The molecule has 3 aromatic carbocycles. The first kappa shape index (κ1) is 24.8. The van der Waals surface area contributed by atoms with Gasteiger partial charge < -0.3 is 19.3 Å². The highest BCUT2D eigenvalue weighted by Crippen LogP contribution is 2.36. The molecule has 0 unspecified atom stereocenters. The molecule has 1 fully saturated rings. The van der Waals surface area contributed by atoms with Crippen molar-refractivity contribution >= 4 is 39.7 Å². The van der Waals surface area contributed by atoms with E-state index in [2.05, 4.69) is 21.9 Å². The van der Waals surface area contributed by atoms with Gasteiger partial charge in [-0.25, -0.2) is 0 Å². The van der Waals surface area contributed by atoms with E-state index in [1.54, 1.807) is 14.0 Å². The third-order valence-electron chi connectivity index (χ3n) is 7.44. The molecule has 0 bridgehead atoms. The van der Waals surface area contributed by atoms with E-state index >= 15 is 0 Å². The number of ketones is 1. The number of Topliss-reactive ketones (excluding diaryl/α,β-unsaturated/α-hetero) is 1. The summed E-state index contributed by atoms with van der Waals surface area (Å²) in [5.41, 5.74) is 3.42. The number of hydrogen-bond donors (Lipinski definition) is 0. The normalized spacial score (nSPS) is 15.5. The van der Waals surface area contributed by atoms with Gasteiger partial charge in [-0.2, -0.15) is 0 Å². The average Bonchev–Trinajstić information content (AvgIpc) is 2.93. The van der Waals surface area contributed by atoms with Crippen molar-refractivity contribution in [1.29, 1.82) is 0 Å². The molecule has 7 nitrogen and oxygen atoms in total. The van der Waals surface area contributed by atoms with E-state index in [0.29, 0.717) is 30.5 Å². The lowest BCUT2D eigenvalue weighted by Gasteiger charge is -2.38. The number of rotatable bonds is 9. The maximum absolute atomic E-state index is 13.3. The Hall–Kier alpha value is -3.87. The van der Waals surface area contributed by atoms with Crippen molar-refractivity contribution in [2.75, 3.05) is 49.6 Å². The predicted molar refractivity (Wildman–Crippen MR) is 146 cm³/mol. The molecule has 1 saturated heterocycles. The molecule has 2 aliphatic heterocycles. The summed E-state index contributed by atoms with van der Waals surface area (Å²) < 4.78 is 5.28. The second kappa shape index (κ2) is 10.6. The molecule has 0 radical (unpaired) electrons. The number of piperazine rings is 1. The van der Waals surface area contributed by atoms with Crippen molar-refractivity contribution in [2.24, 2.45) is 0 Å². The van der Waals surface area contributed by atoms with E-state index in [4.69, 9.17) is 4.74 Å². The van der Waals surface area contributed by atoms with Crippen LogP contribution < -0.4 is 14.5 Å². The number of benzene rings is 3. The van der Waals surface area contributed by atoms with Gasteiger partial charge in [-0.3, -0.25) is 14.5 Å². The Morgan fingerprint density at radius 2 is 1.49 bits per heavy atom. The molecule has 5 rings (SSSR count). The van der Waals surface area contributed by atoms with Gasteiger partial charge in [0.1, 0.15) is 11.5 Å². The molecule has 2 heterocycles. The summed E-state index contributed by atoms with van der Waals surface area (Å²) >= 11 is 0. The molecule has 0 atom stereocenters. The van der Waals surface area contributed by atoms with Crippen molar-refractivity contribution in [3.63, 3.8) is 0 Å². The number of amides is 2. The highest BCUT2D eigenvalue weighted by Gasteiger charge is 2.33. The number of imide groups is 1. The van der Waals surface area contributed by atoms with Crippen LogP contribution in [0.25, 0.3) is 10.8 Å². The van der Waals surface area contributed by atoms with Gasteiger partial charge in [0, 0.05) is 72.4 Å². The second-order valence-corrected chi connectivity index (χ2v) is 9.81. The van der Waals surface area contributed by atoms with Gasteiger partial charge in [0.05, 0.1) is 7.11 Å². The standard InChI is InChI=1S/C30H33N3O4/c1-21(34)7-4-3-5-16-33-29(35)25-9-6-8-24-27(15-14-26(28(24)25)30(33)36)32-19-17-31(18-20-32)22-10-12-23(37-2)13-11-22/h6,8-15H,3-5,7,16-20H2,1-2H3. The molecule has 0 aromatic heterocycles. The van der Waals surface area contributed by atoms with Crippen LogP contribution in [-0.4, -0.2) is 62.3 Å². The van der Waals surface area contributed by atoms with Crippen LogP contribution in [0.1, 0.15) is 53.3 Å². The van der Waals surface area contributed by atoms with E-state index in [1.807, 2.05) is 42.5 Å². The van der Waals surface area contributed by atoms with Gasteiger partial charge in [0.2, 0.25) is 0 Å². The van der Waals surface area contributed by atoms with Crippen molar-refractivity contribution in [3.05, 3.63) is 65.7 Å². The molecule has 2 amide bonds. The molecule has 0 N–H and O–H groups in total. The van der Waals surface area contributed by atoms with Gasteiger partial charge in [0.15, 0.2) is 0 Å². The Balaban J connectivity index is 1.33. The number of unbranched alkanes of at least 4 members (excludes halogenated alkanes) is 2. The number of anilines is 2. The number of ether oxygens (including phenoxy) is 1. The average molecular weight is 500 g/mol. The Kier molecular flexibility index (Phi) is 7.12. The summed E-state index contributed by atoms with van der Waals surface area (Å²) in [7, 11) is 1.67. The Morgan fingerprint density at radius 3 is 2.16 bits per heavy atom. The van der Waals surface area contributed by atoms with E-state index in [1.165, 1.54) is 10.6 Å².